The molecule has 0 aromatic carbocycles. The largest absolute Gasteiger partial charge is 0.503 e. The van der Waals surface area contributed by atoms with E-state index < -0.39 is 0 Å². The second-order valence-electron chi connectivity index (χ2n) is 3.33. The Morgan fingerprint density at radius 3 is 1.61 bits per heavy atom. The molecule has 18 heavy (non-hydrogen) atoms. The van der Waals surface area contributed by atoms with Gasteiger partial charge in [-0.3, -0.25) is 0 Å². The average molecular weight is 284 g/mol. The lowest BCUT2D eigenvalue weighted by molar-refractivity contribution is 0.404. The lowest BCUT2D eigenvalue weighted by Crippen LogP contribution is -1.92. The van der Waals surface area contributed by atoms with Crippen LogP contribution in [0.3, 0.4) is 0 Å². The molecule has 2 rings (SSSR count). The highest BCUT2D eigenvalue weighted by Gasteiger charge is 2.19. The summed E-state index contributed by atoms with van der Waals surface area (Å²) in [7, 11) is 3.03. The fourth-order valence-electron chi connectivity index (χ4n) is 1.48. The van der Waals surface area contributed by atoms with E-state index in [0.717, 1.165) is 0 Å². The molecule has 0 fully saturated rings. The first kappa shape index (κ1) is 12.8. The molecule has 0 aliphatic rings. The zero-order valence-electron chi connectivity index (χ0n) is 9.84. The summed E-state index contributed by atoms with van der Waals surface area (Å²) in [6, 6.07) is 3.46. The summed E-state index contributed by atoms with van der Waals surface area (Å²) in [5, 5.41) is 23.7. The van der Waals surface area contributed by atoms with Gasteiger partial charge in [-0.15, -0.1) is 22.7 Å². The Kier molecular flexibility index (Phi) is 3.78. The van der Waals surface area contributed by atoms with Crippen molar-refractivity contribution >= 4 is 34.2 Å². The van der Waals surface area contributed by atoms with Gasteiger partial charge in [0.05, 0.1) is 14.2 Å². The van der Waals surface area contributed by atoms with Crippen molar-refractivity contribution in [3.8, 4) is 11.5 Å². The number of hydrogen-bond donors (Lipinski definition) is 2. The molecule has 0 atom stereocenters. The lowest BCUT2D eigenvalue weighted by atomic mass is 10.2. The first-order chi connectivity index (χ1) is 8.69. The molecule has 4 nitrogen and oxygen atoms in total. The second kappa shape index (κ2) is 5.32. The SMILES string of the molecule is COc1ccsc1/C(O)=C(\O)c1sccc1OC. The average Bonchev–Trinajstić information content (AvgIpc) is 3.04. The molecule has 0 radical (unpaired) electrons. The van der Waals surface area contributed by atoms with Crippen LogP contribution in [0.5, 0.6) is 11.5 Å². The molecule has 2 heterocycles. The quantitative estimate of drug-likeness (QED) is 0.839. The summed E-state index contributed by atoms with van der Waals surface area (Å²) < 4.78 is 10.2. The summed E-state index contributed by atoms with van der Waals surface area (Å²) in [5.74, 6) is 0.643. The highest BCUT2D eigenvalue weighted by Crippen LogP contribution is 2.38. The van der Waals surface area contributed by atoms with Gasteiger partial charge >= 0.3 is 0 Å². The van der Waals surface area contributed by atoms with Gasteiger partial charge in [-0.25, -0.2) is 0 Å². The molecule has 0 aliphatic heterocycles. The molecule has 2 aromatic heterocycles. The van der Waals surface area contributed by atoms with Crippen molar-refractivity contribution in [3.05, 3.63) is 32.6 Å². The van der Waals surface area contributed by atoms with Gasteiger partial charge in [-0.1, -0.05) is 0 Å². The fourth-order valence-corrected chi connectivity index (χ4v) is 3.08. The van der Waals surface area contributed by atoms with E-state index in [1.165, 1.54) is 36.9 Å². The minimum atomic E-state index is -0.206. The van der Waals surface area contributed by atoms with Gasteiger partial charge in [-0.2, -0.15) is 0 Å². The summed E-state index contributed by atoms with van der Waals surface area (Å²) in [6.07, 6.45) is 0. The molecular weight excluding hydrogens is 272 g/mol. The third-order valence-corrected chi connectivity index (χ3v) is 4.16. The molecule has 0 spiro atoms. The molecular formula is C12H12O4S2. The third kappa shape index (κ3) is 2.16. The van der Waals surface area contributed by atoms with Crippen LogP contribution in [0.2, 0.25) is 0 Å². The number of ether oxygens (including phenoxy) is 2. The summed E-state index contributed by atoms with van der Waals surface area (Å²) in [4.78, 5) is 0.982. The number of aliphatic hydroxyl groups is 2. The van der Waals surface area contributed by atoms with Gasteiger partial charge < -0.3 is 19.7 Å². The zero-order chi connectivity index (χ0) is 13.1. The molecule has 0 aliphatic carbocycles. The number of rotatable bonds is 4. The molecule has 0 amide bonds. The van der Waals surface area contributed by atoms with Crippen LogP contribution in [0.1, 0.15) is 9.75 Å². The molecule has 2 aromatic rings. The van der Waals surface area contributed by atoms with Crippen molar-refractivity contribution < 1.29 is 19.7 Å². The second-order valence-corrected chi connectivity index (χ2v) is 5.17. The van der Waals surface area contributed by atoms with Gasteiger partial charge in [-0.05, 0) is 22.9 Å². The van der Waals surface area contributed by atoms with E-state index in [1.807, 2.05) is 0 Å². The number of aliphatic hydroxyl groups excluding tert-OH is 2. The Morgan fingerprint density at radius 1 is 0.889 bits per heavy atom. The molecule has 96 valence electrons. The van der Waals surface area contributed by atoms with Crippen LogP contribution in [-0.4, -0.2) is 24.4 Å². The maximum Gasteiger partial charge on any atom is 0.180 e. The van der Waals surface area contributed by atoms with E-state index in [1.54, 1.807) is 22.9 Å². The smallest absolute Gasteiger partial charge is 0.180 e. The van der Waals surface area contributed by atoms with Crippen molar-refractivity contribution in [2.24, 2.45) is 0 Å². The van der Waals surface area contributed by atoms with Crippen LogP contribution in [-0.2, 0) is 0 Å². The van der Waals surface area contributed by atoms with Crippen molar-refractivity contribution in [1.82, 2.24) is 0 Å². The molecule has 0 unspecified atom stereocenters. The maximum atomic E-state index is 10.1. The Bertz CT molecular complexity index is 518. The van der Waals surface area contributed by atoms with Crippen molar-refractivity contribution in [3.63, 3.8) is 0 Å². The van der Waals surface area contributed by atoms with Crippen LogP contribution in [0.15, 0.2) is 22.9 Å². The summed E-state index contributed by atoms with van der Waals surface area (Å²) in [6.45, 7) is 0. The maximum absolute atomic E-state index is 10.1. The fraction of sp³-hybridized carbons (Fsp3) is 0.167. The predicted octanol–water partition coefficient (Wildman–Crippen LogP) is 3.77. The van der Waals surface area contributed by atoms with Crippen molar-refractivity contribution in [2.75, 3.05) is 14.2 Å². The molecule has 0 bridgehead atoms. The zero-order valence-corrected chi connectivity index (χ0v) is 11.5. The van der Waals surface area contributed by atoms with Gasteiger partial charge in [0.2, 0.25) is 0 Å². The Morgan fingerprint density at radius 2 is 1.28 bits per heavy atom. The minimum absolute atomic E-state index is 0.206. The van der Waals surface area contributed by atoms with E-state index in [9.17, 15) is 10.2 Å². The van der Waals surface area contributed by atoms with Gasteiger partial charge in [0.15, 0.2) is 11.5 Å². The normalized spacial score (nSPS) is 12.1. The standard InChI is InChI=1S/C12H12O4S2/c1-15-7-3-5-17-11(7)9(13)10(14)12-8(16-2)4-6-18-12/h3-6,13-14H,1-2H3/b10-9+. The number of hydrogen-bond acceptors (Lipinski definition) is 6. The van der Waals surface area contributed by atoms with E-state index in [4.69, 9.17) is 9.47 Å². The van der Waals surface area contributed by atoms with Crippen LogP contribution in [0.4, 0.5) is 0 Å². The number of methoxy groups -OCH3 is 2. The molecule has 0 saturated carbocycles. The van der Waals surface area contributed by atoms with Crippen LogP contribution in [0.25, 0.3) is 11.5 Å². The van der Waals surface area contributed by atoms with E-state index in [-0.39, 0.29) is 11.5 Å². The highest BCUT2D eigenvalue weighted by atomic mass is 32.1. The summed E-state index contributed by atoms with van der Waals surface area (Å²) >= 11 is 2.58. The highest BCUT2D eigenvalue weighted by molar-refractivity contribution is 7.12. The van der Waals surface area contributed by atoms with E-state index in [0.29, 0.717) is 21.3 Å². The third-order valence-electron chi connectivity index (χ3n) is 2.35. The van der Waals surface area contributed by atoms with E-state index >= 15 is 0 Å². The van der Waals surface area contributed by atoms with Gasteiger partial charge in [0, 0.05) is 0 Å². The Hall–Kier alpha value is -1.66. The Labute approximate surface area is 112 Å². The predicted molar refractivity (Wildman–Crippen MR) is 73.8 cm³/mol. The van der Waals surface area contributed by atoms with Gasteiger partial charge in [0.25, 0.3) is 0 Å². The topological polar surface area (TPSA) is 58.9 Å². The molecule has 0 saturated heterocycles. The van der Waals surface area contributed by atoms with Crippen LogP contribution in [0, 0.1) is 0 Å². The first-order valence-corrected chi connectivity index (χ1v) is 6.80. The summed E-state index contributed by atoms with van der Waals surface area (Å²) in [5.41, 5.74) is 0. The minimum Gasteiger partial charge on any atom is -0.503 e. The van der Waals surface area contributed by atoms with Crippen molar-refractivity contribution in [2.45, 2.75) is 0 Å². The Balaban J connectivity index is 2.47. The van der Waals surface area contributed by atoms with Crippen LogP contribution >= 0.6 is 22.7 Å². The number of thiophene rings is 2. The van der Waals surface area contributed by atoms with Crippen molar-refractivity contribution in [1.29, 1.82) is 0 Å². The monoisotopic (exact) mass is 284 g/mol. The molecule has 2 N–H and O–H groups in total. The lowest BCUT2D eigenvalue weighted by Gasteiger charge is -2.06. The first-order valence-electron chi connectivity index (χ1n) is 5.05. The van der Waals surface area contributed by atoms with Gasteiger partial charge in [0.1, 0.15) is 21.3 Å². The molecule has 6 heteroatoms. The van der Waals surface area contributed by atoms with Crippen LogP contribution < -0.4 is 9.47 Å². The van der Waals surface area contributed by atoms with E-state index in [2.05, 4.69) is 0 Å².